The van der Waals surface area contributed by atoms with Crippen LogP contribution in [-0.4, -0.2) is 40.6 Å². The second kappa shape index (κ2) is 9.35. The van der Waals surface area contributed by atoms with E-state index in [1.165, 1.54) is 11.3 Å². The normalized spacial score (nSPS) is 19.1. The topological polar surface area (TPSA) is 84.4 Å². The van der Waals surface area contributed by atoms with E-state index in [0.29, 0.717) is 11.7 Å². The van der Waals surface area contributed by atoms with Crippen molar-refractivity contribution in [3.63, 3.8) is 0 Å². The molecular weight excluding hydrogens is 388 g/mol. The Morgan fingerprint density at radius 1 is 1.31 bits per heavy atom. The van der Waals surface area contributed by atoms with Crippen molar-refractivity contribution < 1.29 is 14.3 Å². The Labute approximate surface area is 175 Å². The number of carbonyl (C=O) groups excluding carboxylic acids is 2. The maximum Gasteiger partial charge on any atom is 0.232 e. The molecule has 3 rings (SSSR count). The number of anilines is 1. The lowest BCUT2D eigenvalue weighted by molar-refractivity contribution is -0.129. The zero-order chi connectivity index (χ0) is 21.0. The number of hydrogen-bond acceptors (Lipinski definition) is 6. The van der Waals surface area contributed by atoms with Gasteiger partial charge in [0, 0.05) is 18.9 Å². The monoisotopic (exact) mass is 416 g/mol. The van der Waals surface area contributed by atoms with E-state index in [4.69, 9.17) is 4.74 Å². The molecule has 0 saturated carbocycles. The van der Waals surface area contributed by atoms with Gasteiger partial charge in [-0.1, -0.05) is 50.7 Å². The fourth-order valence-electron chi connectivity index (χ4n) is 3.55. The van der Waals surface area contributed by atoms with Crippen molar-refractivity contribution in [2.24, 2.45) is 5.92 Å². The van der Waals surface area contributed by atoms with Crippen LogP contribution in [0.1, 0.15) is 62.6 Å². The van der Waals surface area contributed by atoms with Crippen LogP contribution in [0.5, 0.6) is 5.75 Å². The number of nitrogens with one attached hydrogen (secondary N) is 1. The van der Waals surface area contributed by atoms with E-state index in [-0.39, 0.29) is 30.2 Å². The zero-order valence-electron chi connectivity index (χ0n) is 17.3. The Morgan fingerprint density at radius 3 is 2.62 bits per heavy atom. The fraction of sp³-hybridized carbons (Fsp3) is 0.524. The summed E-state index contributed by atoms with van der Waals surface area (Å²) in [6.45, 7) is 6.81. The van der Waals surface area contributed by atoms with Crippen LogP contribution in [-0.2, 0) is 9.59 Å². The van der Waals surface area contributed by atoms with Crippen molar-refractivity contribution in [1.82, 2.24) is 15.1 Å². The maximum absolute atomic E-state index is 13.1. The van der Waals surface area contributed by atoms with Crippen LogP contribution in [0.25, 0.3) is 0 Å². The summed E-state index contributed by atoms with van der Waals surface area (Å²) in [5, 5.41) is 12.4. The Hall–Kier alpha value is -2.48. The highest BCUT2D eigenvalue weighted by molar-refractivity contribution is 7.15. The molecule has 0 bridgehead atoms. The smallest absolute Gasteiger partial charge is 0.232 e. The number of rotatable bonds is 8. The van der Waals surface area contributed by atoms with Crippen LogP contribution in [0.4, 0.5) is 5.13 Å². The summed E-state index contributed by atoms with van der Waals surface area (Å²) >= 11 is 1.38. The van der Waals surface area contributed by atoms with E-state index in [9.17, 15) is 9.59 Å². The van der Waals surface area contributed by atoms with Gasteiger partial charge in [-0.15, -0.1) is 10.2 Å². The number of likely N-dealkylation sites (tertiary alicyclic amines) is 1. The van der Waals surface area contributed by atoms with E-state index >= 15 is 0 Å². The molecule has 7 nitrogen and oxygen atoms in total. The molecule has 0 radical (unpaired) electrons. The summed E-state index contributed by atoms with van der Waals surface area (Å²) in [6.07, 6.45) is 2.09. The molecule has 1 aliphatic rings. The first-order chi connectivity index (χ1) is 13.9. The minimum atomic E-state index is -0.473. The summed E-state index contributed by atoms with van der Waals surface area (Å²) in [6, 6.07) is 7.30. The molecule has 1 aromatic heterocycles. The first kappa shape index (κ1) is 21.2. The molecule has 29 heavy (non-hydrogen) atoms. The maximum atomic E-state index is 13.1. The van der Waals surface area contributed by atoms with E-state index in [0.717, 1.165) is 29.2 Å². The molecule has 0 spiro atoms. The standard InChI is InChI=1S/C21H28N4O3S/c1-5-6-11-25-17(26)12-16(18(25)14-7-9-15(28-4)10-8-14)19(27)22-21-24-23-20(29-21)13(2)3/h7-10,13,16,18H,5-6,11-12H2,1-4H3,(H,22,24,27)/t16-,18+/m1/s1. The van der Waals surface area contributed by atoms with Crippen molar-refractivity contribution in [2.45, 2.75) is 52.0 Å². The third-order valence-electron chi connectivity index (χ3n) is 5.14. The van der Waals surface area contributed by atoms with E-state index in [2.05, 4.69) is 22.4 Å². The minimum absolute atomic E-state index is 0.0135. The fourth-order valence-corrected chi connectivity index (χ4v) is 4.30. The Balaban J connectivity index is 1.84. The highest BCUT2D eigenvalue weighted by Gasteiger charge is 2.44. The van der Waals surface area contributed by atoms with Crippen molar-refractivity contribution in [3.05, 3.63) is 34.8 Å². The van der Waals surface area contributed by atoms with E-state index < -0.39 is 5.92 Å². The molecule has 1 fully saturated rings. The minimum Gasteiger partial charge on any atom is -0.497 e. The lowest BCUT2D eigenvalue weighted by Crippen LogP contribution is -2.33. The van der Waals surface area contributed by atoms with Crippen LogP contribution in [0.3, 0.4) is 0 Å². The van der Waals surface area contributed by atoms with Gasteiger partial charge in [0.15, 0.2) is 0 Å². The van der Waals surface area contributed by atoms with Gasteiger partial charge >= 0.3 is 0 Å². The summed E-state index contributed by atoms with van der Waals surface area (Å²) in [5.41, 5.74) is 0.938. The lowest BCUT2D eigenvalue weighted by atomic mass is 9.92. The van der Waals surface area contributed by atoms with Gasteiger partial charge in [0.2, 0.25) is 16.9 Å². The van der Waals surface area contributed by atoms with Crippen molar-refractivity contribution >= 4 is 28.3 Å². The average molecular weight is 417 g/mol. The molecule has 8 heteroatoms. The quantitative estimate of drug-likeness (QED) is 0.703. The van der Waals surface area contributed by atoms with Crippen LogP contribution in [0, 0.1) is 5.92 Å². The number of unbranched alkanes of at least 4 members (excludes halogenated alkanes) is 1. The molecule has 2 heterocycles. The predicted octanol–water partition coefficient (Wildman–Crippen LogP) is 4.00. The number of ether oxygens (including phenoxy) is 1. The number of nitrogens with zero attached hydrogens (tertiary/aromatic N) is 3. The number of carbonyl (C=O) groups is 2. The molecule has 156 valence electrons. The molecule has 0 aliphatic carbocycles. The molecular formula is C21H28N4O3S. The SMILES string of the molecule is CCCCN1C(=O)C[C@@H](C(=O)Nc2nnc(C(C)C)s2)[C@@H]1c1ccc(OC)cc1. The summed E-state index contributed by atoms with van der Waals surface area (Å²) in [4.78, 5) is 27.7. The van der Waals surface area contributed by atoms with Crippen LogP contribution in [0.15, 0.2) is 24.3 Å². The Morgan fingerprint density at radius 2 is 2.03 bits per heavy atom. The third kappa shape index (κ3) is 4.75. The lowest BCUT2D eigenvalue weighted by Gasteiger charge is -2.28. The van der Waals surface area contributed by atoms with Crippen LogP contribution < -0.4 is 10.1 Å². The van der Waals surface area contributed by atoms with Crippen LogP contribution >= 0.6 is 11.3 Å². The molecule has 2 amide bonds. The zero-order valence-corrected chi connectivity index (χ0v) is 18.2. The molecule has 1 saturated heterocycles. The van der Waals surface area contributed by atoms with E-state index in [1.807, 2.05) is 43.0 Å². The van der Waals surface area contributed by atoms with Gasteiger partial charge in [-0.05, 0) is 24.1 Å². The number of aromatic nitrogens is 2. The number of amides is 2. The molecule has 1 N–H and O–H groups in total. The van der Waals surface area contributed by atoms with Gasteiger partial charge in [-0.3, -0.25) is 9.59 Å². The second-order valence-corrected chi connectivity index (χ2v) is 8.57. The highest BCUT2D eigenvalue weighted by atomic mass is 32.1. The van der Waals surface area contributed by atoms with Gasteiger partial charge in [0.25, 0.3) is 0 Å². The summed E-state index contributed by atoms with van der Waals surface area (Å²) in [7, 11) is 1.62. The largest absolute Gasteiger partial charge is 0.497 e. The van der Waals surface area contributed by atoms with Gasteiger partial charge < -0.3 is 15.0 Å². The van der Waals surface area contributed by atoms with Crippen LogP contribution in [0.2, 0.25) is 0 Å². The summed E-state index contributed by atoms with van der Waals surface area (Å²) in [5.74, 6) is 0.348. The Bertz CT molecular complexity index is 850. The molecule has 2 aromatic rings. The van der Waals surface area contributed by atoms with Crippen molar-refractivity contribution in [3.8, 4) is 5.75 Å². The van der Waals surface area contributed by atoms with Crippen molar-refractivity contribution in [1.29, 1.82) is 0 Å². The molecule has 1 aromatic carbocycles. The van der Waals surface area contributed by atoms with Gasteiger partial charge in [-0.25, -0.2) is 0 Å². The number of hydrogen-bond donors (Lipinski definition) is 1. The van der Waals surface area contributed by atoms with Gasteiger partial charge in [0.1, 0.15) is 10.8 Å². The molecule has 1 aliphatic heterocycles. The third-order valence-corrected chi connectivity index (χ3v) is 6.28. The second-order valence-electron chi connectivity index (χ2n) is 7.56. The first-order valence-electron chi connectivity index (χ1n) is 10.0. The first-order valence-corrected chi connectivity index (χ1v) is 10.8. The number of benzene rings is 1. The van der Waals surface area contributed by atoms with Crippen molar-refractivity contribution in [2.75, 3.05) is 19.0 Å². The summed E-state index contributed by atoms with van der Waals surface area (Å²) < 4.78 is 5.25. The van der Waals surface area contributed by atoms with E-state index in [1.54, 1.807) is 7.11 Å². The predicted molar refractivity (Wildman–Crippen MR) is 113 cm³/mol. The Kier molecular flexibility index (Phi) is 6.84. The van der Waals surface area contributed by atoms with Gasteiger partial charge in [0.05, 0.1) is 19.1 Å². The molecule has 0 unspecified atom stereocenters. The molecule has 2 atom stereocenters. The average Bonchev–Trinajstić information content (AvgIpc) is 3.31. The number of methoxy groups -OCH3 is 1. The van der Waals surface area contributed by atoms with Gasteiger partial charge in [-0.2, -0.15) is 0 Å². The highest BCUT2D eigenvalue weighted by Crippen LogP contribution is 2.39.